The lowest BCUT2D eigenvalue weighted by molar-refractivity contribution is -0.115. The molecule has 31 heavy (non-hydrogen) atoms. The van der Waals surface area contributed by atoms with Gasteiger partial charge >= 0.3 is 0 Å². The normalized spacial score (nSPS) is 11.7. The number of aromatic nitrogens is 2. The molecule has 3 rings (SSSR count). The minimum atomic E-state index is -0.522. The van der Waals surface area contributed by atoms with Crippen molar-refractivity contribution < 1.29 is 14.6 Å². The minimum Gasteiger partial charge on any atom is -0.493 e. The van der Waals surface area contributed by atoms with Crippen molar-refractivity contribution >= 4 is 23.4 Å². The number of benzene rings is 2. The van der Waals surface area contributed by atoms with Gasteiger partial charge in [0.05, 0.1) is 11.3 Å². The number of thioether (sulfide) groups is 1. The Labute approximate surface area is 185 Å². The topological polar surface area (TPSA) is 93.5 Å². The first-order chi connectivity index (χ1) is 15.0. The number of ether oxygens (including phenoxy) is 1. The van der Waals surface area contributed by atoms with Crippen LogP contribution in [0.1, 0.15) is 25.8 Å². The second kappa shape index (κ2) is 10.7. The van der Waals surface area contributed by atoms with Gasteiger partial charge in [-0.05, 0) is 43.2 Å². The van der Waals surface area contributed by atoms with Gasteiger partial charge in [0.1, 0.15) is 12.4 Å². The van der Waals surface area contributed by atoms with Gasteiger partial charge in [-0.25, -0.2) is 0 Å². The van der Waals surface area contributed by atoms with Gasteiger partial charge in [0.2, 0.25) is 11.8 Å². The predicted molar refractivity (Wildman–Crippen MR) is 122 cm³/mol. The first-order valence-electron chi connectivity index (χ1n) is 10.0. The smallest absolute Gasteiger partial charge is 0.257 e. The van der Waals surface area contributed by atoms with Crippen molar-refractivity contribution in [3.63, 3.8) is 0 Å². The number of anilines is 1. The molecule has 1 amide bonds. The standard InChI is InChI=1S/C23H25N3O4S/c1-3-13-26-21(28)14-20(27)25-23(26)31-16(2)22(29)24-18-9-11-19(12-10-18)30-15-17-7-5-4-6-8-17/h4-12,14,16,27H,3,13,15H2,1-2H3,(H,24,29). The van der Waals surface area contributed by atoms with Crippen LogP contribution in [0.2, 0.25) is 0 Å². The Morgan fingerprint density at radius 3 is 2.58 bits per heavy atom. The summed E-state index contributed by atoms with van der Waals surface area (Å²) < 4.78 is 7.22. The quantitative estimate of drug-likeness (QED) is 0.386. The molecule has 7 nitrogen and oxygen atoms in total. The minimum absolute atomic E-state index is 0.233. The molecule has 2 N–H and O–H groups in total. The lowest BCUT2D eigenvalue weighted by Crippen LogP contribution is -2.26. The molecule has 0 fully saturated rings. The summed E-state index contributed by atoms with van der Waals surface area (Å²) in [4.78, 5) is 28.7. The van der Waals surface area contributed by atoms with Crippen LogP contribution in [0.3, 0.4) is 0 Å². The Morgan fingerprint density at radius 2 is 1.90 bits per heavy atom. The van der Waals surface area contributed by atoms with Crippen molar-refractivity contribution in [3.05, 3.63) is 76.6 Å². The lowest BCUT2D eigenvalue weighted by atomic mass is 10.2. The highest BCUT2D eigenvalue weighted by atomic mass is 32.2. The van der Waals surface area contributed by atoms with E-state index in [0.717, 1.165) is 29.8 Å². The molecule has 1 unspecified atom stereocenters. The zero-order valence-corrected chi connectivity index (χ0v) is 18.3. The number of rotatable bonds is 9. The highest BCUT2D eigenvalue weighted by Crippen LogP contribution is 2.24. The van der Waals surface area contributed by atoms with Gasteiger partial charge < -0.3 is 15.2 Å². The molecule has 0 saturated heterocycles. The third-order valence-electron chi connectivity index (χ3n) is 4.43. The van der Waals surface area contributed by atoms with Gasteiger partial charge in [0.15, 0.2) is 5.16 Å². The average Bonchev–Trinajstić information content (AvgIpc) is 2.76. The van der Waals surface area contributed by atoms with E-state index in [2.05, 4.69) is 10.3 Å². The molecular weight excluding hydrogens is 414 g/mol. The maximum atomic E-state index is 12.6. The van der Waals surface area contributed by atoms with E-state index in [9.17, 15) is 14.7 Å². The van der Waals surface area contributed by atoms with Crippen LogP contribution in [0.15, 0.2) is 70.6 Å². The molecule has 0 aliphatic heterocycles. The molecule has 0 spiro atoms. The van der Waals surface area contributed by atoms with Crippen molar-refractivity contribution in [2.45, 2.75) is 43.8 Å². The van der Waals surface area contributed by atoms with Gasteiger partial charge in [-0.1, -0.05) is 49.0 Å². The molecule has 8 heteroatoms. The predicted octanol–water partition coefficient (Wildman–Crippen LogP) is 4.06. The molecule has 1 heterocycles. The van der Waals surface area contributed by atoms with E-state index in [-0.39, 0.29) is 17.3 Å². The SMILES string of the molecule is CCCn1c(SC(C)C(=O)Nc2ccc(OCc3ccccc3)cc2)nc(O)cc1=O. The third kappa shape index (κ3) is 6.36. The Hall–Kier alpha value is -3.26. The van der Waals surface area contributed by atoms with Crippen molar-refractivity contribution in [2.75, 3.05) is 5.32 Å². The molecular formula is C23H25N3O4S. The average molecular weight is 440 g/mol. The molecule has 0 radical (unpaired) electrons. The molecule has 0 aliphatic rings. The Bertz CT molecular complexity index is 1070. The van der Waals surface area contributed by atoms with E-state index >= 15 is 0 Å². The highest BCUT2D eigenvalue weighted by molar-refractivity contribution is 8.00. The van der Waals surface area contributed by atoms with Crippen molar-refractivity contribution in [3.8, 4) is 11.6 Å². The lowest BCUT2D eigenvalue weighted by Gasteiger charge is -2.15. The monoisotopic (exact) mass is 439 g/mol. The Balaban J connectivity index is 1.59. The molecule has 0 saturated carbocycles. The van der Waals surface area contributed by atoms with Crippen LogP contribution in [-0.2, 0) is 17.9 Å². The van der Waals surface area contributed by atoms with Gasteiger partial charge in [-0.3, -0.25) is 14.2 Å². The first kappa shape index (κ1) is 22.4. The fraction of sp³-hybridized carbons (Fsp3) is 0.261. The van der Waals surface area contributed by atoms with E-state index < -0.39 is 5.25 Å². The number of hydrogen-bond donors (Lipinski definition) is 2. The summed E-state index contributed by atoms with van der Waals surface area (Å²) >= 11 is 1.13. The van der Waals surface area contributed by atoms with Crippen LogP contribution in [0.4, 0.5) is 5.69 Å². The summed E-state index contributed by atoms with van der Waals surface area (Å²) in [5.74, 6) is 0.124. The van der Waals surface area contributed by atoms with E-state index in [1.807, 2.05) is 37.3 Å². The van der Waals surface area contributed by atoms with Gasteiger partial charge in [-0.15, -0.1) is 0 Å². The number of nitrogens with zero attached hydrogens (tertiary/aromatic N) is 2. The number of aromatic hydroxyl groups is 1. The van der Waals surface area contributed by atoms with Gasteiger partial charge in [0.25, 0.3) is 5.56 Å². The molecule has 0 aliphatic carbocycles. The molecule has 3 aromatic rings. The number of carbonyl (C=O) groups excluding carboxylic acids is 1. The molecule has 0 bridgehead atoms. The largest absolute Gasteiger partial charge is 0.493 e. The summed E-state index contributed by atoms with van der Waals surface area (Å²) in [6.45, 7) is 4.60. The zero-order chi connectivity index (χ0) is 22.2. The van der Waals surface area contributed by atoms with Crippen LogP contribution >= 0.6 is 11.8 Å². The second-order valence-corrected chi connectivity index (χ2v) is 8.24. The van der Waals surface area contributed by atoms with Gasteiger partial charge in [0, 0.05) is 12.2 Å². The van der Waals surface area contributed by atoms with Crippen molar-refractivity contribution in [1.29, 1.82) is 0 Å². The van der Waals surface area contributed by atoms with E-state index in [1.54, 1.807) is 31.2 Å². The molecule has 162 valence electrons. The summed E-state index contributed by atoms with van der Waals surface area (Å²) in [7, 11) is 0. The maximum Gasteiger partial charge on any atom is 0.257 e. The summed E-state index contributed by atoms with van der Waals surface area (Å²) in [6, 6.07) is 18.1. The van der Waals surface area contributed by atoms with Crippen molar-refractivity contribution in [2.24, 2.45) is 0 Å². The van der Waals surface area contributed by atoms with E-state index in [0.29, 0.717) is 29.7 Å². The number of amides is 1. The van der Waals surface area contributed by atoms with Crippen LogP contribution < -0.4 is 15.6 Å². The fourth-order valence-corrected chi connectivity index (χ4v) is 3.76. The van der Waals surface area contributed by atoms with Crippen LogP contribution in [0.5, 0.6) is 11.6 Å². The second-order valence-electron chi connectivity index (χ2n) is 6.93. The summed E-state index contributed by atoms with van der Waals surface area (Å²) in [5.41, 5.74) is 1.38. The number of carbonyl (C=O) groups is 1. The summed E-state index contributed by atoms with van der Waals surface area (Å²) in [6.07, 6.45) is 0.735. The maximum absolute atomic E-state index is 12.6. The first-order valence-corrected chi connectivity index (χ1v) is 10.9. The third-order valence-corrected chi connectivity index (χ3v) is 5.52. The molecule has 1 atom stereocenters. The Morgan fingerprint density at radius 1 is 1.19 bits per heavy atom. The number of hydrogen-bond acceptors (Lipinski definition) is 6. The molecule has 2 aromatic carbocycles. The van der Waals surface area contributed by atoms with E-state index in [4.69, 9.17) is 4.74 Å². The van der Waals surface area contributed by atoms with Crippen LogP contribution in [0, 0.1) is 0 Å². The zero-order valence-electron chi connectivity index (χ0n) is 17.4. The van der Waals surface area contributed by atoms with Gasteiger partial charge in [-0.2, -0.15) is 4.98 Å². The Kier molecular flexibility index (Phi) is 7.72. The number of nitrogens with one attached hydrogen (secondary N) is 1. The van der Waals surface area contributed by atoms with Crippen LogP contribution in [0.25, 0.3) is 0 Å². The van der Waals surface area contributed by atoms with Crippen LogP contribution in [-0.4, -0.2) is 25.8 Å². The molecule has 1 aromatic heterocycles. The summed E-state index contributed by atoms with van der Waals surface area (Å²) in [5, 5.41) is 12.3. The fourth-order valence-electron chi connectivity index (χ4n) is 2.82. The van der Waals surface area contributed by atoms with Crippen molar-refractivity contribution in [1.82, 2.24) is 9.55 Å². The highest BCUT2D eigenvalue weighted by Gasteiger charge is 2.19. The van der Waals surface area contributed by atoms with E-state index in [1.165, 1.54) is 4.57 Å².